The van der Waals surface area contributed by atoms with Crippen LogP contribution in [0.15, 0.2) is 24.3 Å². The van der Waals surface area contributed by atoms with Crippen LogP contribution in [-0.4, -0.2) is 38.8 Å². The maximum atomic E-state index is 13.4. The van der Waals surface area contributed by atoms with E-state index in [-0.39, 0.29) is 6.42 Å². The number of benzene rings is 1. The first-order valence-corrected chi connectivity index (χ1v) is 6.29. The molecular weight excluding hydrogens is 287 g/mol. The Kier molecular flexibility index (Phi) is 6.48. The van der Waals surface area contributed by atoms with Gasteiger partial charge in [-0.15, -0.1) is 0 Å². The molecule has 0 amide bonds. The van der Waals surface area contributed by atoms with Crippen molar-refractivity contribution < 1.29 is 27.4 Å². The fourth-order valence-corrected chi connectivity index (χ4v) is 1.93. The molecule has 0 radical (unpaired) electrons. The first-order valence-electron chi connectivity index (χ1n) is 6.29. The van der Waals surface area contributed by atoms with Crippen LogP contribution in [0.2, 0.25) is 0 Å². The highest BCUT2D eigenvalue weighted by Gasteiger charge is 2.37. The van der Waals surface area contributed by atoms with Crippen LogP contribution in [0.5, 0.6) is 5.75 Å². The molecule has 21 heavy (non-hydrogen) atoms. The zero-order chi connectivity index (χ0) is 16.0. The van der Waals surface area contributed by atoms with Gasteiger partial charge in [0.1, 0.15) is 5.75 Å². The molecule has 7 heteroatoms. The van der Waals surface area contributed by atoms with Gasteiger partial charge in [-0.2, -0.15) is 0 Å². The van der Waals surface area contributed by atoms with E-state index in [2.05, 4.69) is 4.74 Å². The van der Waals surface area contributed by atoms with Crippen LogP contribution in [0.1, 0.15) is 5.56 Å². The van der Waals surface area contributed by atoms with E-state index in [1.54, 1.807) is 24.3 Å². The summed E-state index contributed by atoms with van der Waals surface area (Å²) >= 11 is 0. The molecule has 0 aliphatic carbocycles. The lowest BCUT2D eigenvalue weighted by molar-refractivity contribution is -0.147. The standard InChI is InChI=1S/C14H18F3NO3/c1-20-9-5-3-8(4-6-9)7-10(14(19)21-2)12(18)11(15)13(16)17/h3-6,10-13H,7,18H2,1-2H3. The molecule has 0 saturated heterocycles. The van der Waals surface area contributed by atoms with Crippen LogP contribution in [0.3, 0.4) is 0 Å². The van der Waals surface area contributed by atoms with Crippen molar-refractivity contribution in [3.63, 3.8) is 0 Å². The fraction of sp³-hybridized carbons (Fsp3) is 0.500. The molecule has 1 rings (SSSR count). The van der Waals surface area contributed by atoms with Crippen molar-refractivity contribution >= 4 is 5.97 Å². The second-order valence-corrected chi connectivity index (χ2v) is 4.54. The molecule has 0 aliphatic rings. The van der Waals surface area contributed by atoms with Crippen LogP contribution >= 0.6 is 0 Å². The summed E-state index contributed by atoms with van der Waals surface area (Å²) in [6, 6.07) is 4.96. The lowest BCUT2D eigenvalue weighted by Gasteiger charge is -2.24. The smallest absolute Gasteiger partial charge is 0.310 e. The van der Waals surface area contributed by atoms with E-state index >= 15 is 0 Å². The Morgan fingerprint density at radius 1 is 1.19 bits per heavy atom. The third kappa shape index (κ3) is 4.63. The van der Waals surface area contributed by atoms with Gasteiger partial charge in [0, 0.05) is 0 Å². The summed E-state index contributed by atoms with van der Waals surface area (Å²) in [5.41, 5.74) is 6.10. The van der Waals surface area contributed by atoms with E-state index in [0.717, 1.165) is 7.11 Å². The summed E-state index contributed by atoms with van der Waals surface area (Å²) in [5, 5.41) is 0. The zero-order valence-electron chi connectivity index (χ0n) is 11.8. The summed E-state index contributed by atoms with van der Waals surface area (Å²) < 4.78 is 47.7. The highest BCUT2D eigenvalue weighted by Crippen LogP contribution is 2.22. The summed E-state index contributed by atoms with van der Waals surface area (Å²) in [7, 11) is 2.60. The van der Waals surface area contributed by atoms with Gasteiger partial charge in [0.15, 0.2) is 6.17 Å². The van der Waals surface area contributed by atoms with Crippen molar-refractivity contribution in [1.29, 1.82) is 0 Å². The Balaban J connectivity index is 2.89. The van der Waals surface area contributed by atoms with Gasteiger partial charge < -0.3 is 15.2 Å². The number of halogens is 3. The number of esters is 1. The summed E-state index contributed by atoms with van der Waals surface area (Å²) in [5.74, 6) is -1.40. The van der Waals surface area contributed by atoms with Crippen LogP contribution in [0, 0.1) is 5.92 Å². The average molecular weight is 305 g/mol. The third-order valence-corrected chi connectivity index (χ3v) is 3.19. The fourth-order valence-electron chi connectivity index (χ4n) is 1.93. The van der Waals surface area contributed by atoms with E-state index in [0.29, 0.717) is 11.3 Å². The first kappa shape index (κ1) is 17.3. The molecule has 2 N–H and O–H groups in total. The lowest BCUT2D eigenvalue weighted by Crippen LogP contribution is -2.47. The molecule has 0 spiro atoms. The van der Waals surface area contributed by atoms with Gasteiger partial charge in [-0.05, 0) is 24.1 Å². The Morgan fingerprint density at radius 2 is 1.76 bits per heavy atom. The predicted molar refractivity (Wildman–Crippen MR) is 71.1 cm³/mol. The van der Waals surface area contributed by atoms with Crippen LogP contribution in [0.25, 0.3) is 0 Å². The number of carbonyl (C=O) groups is 1. The second kappa shape index (κ2) is 7.87. The number of hydrogen-bond acceptors (Lipinski definition) is 4. The summed E-state index contributed by atoms with van der Waals surface area (Å²) in [6.45, 7) is 0. The molecule has 118 valence electrons. The van der Waals surface area contributed by atoms with Crippen molar-refractivity contribution in [2.45, 2.75) is 25.1 Å². The Labute approximate surface area is 121 Å². The minimum atomic E-state index is -3.25. The molecule has 0 heterocycles. The highest BCUT2D eigenvalue weighted by molar-refractivity contribution is 5.73. The van der Waals surface area contributed by atoms with Crippen molar-refractivity contribution in [2.24, 2.45) is 11.7 Å². The lowest BCUT2D eigenvalue weighted by atomic mass is 9.90. The van der Waals surface area contributed by atoms with Crippen molar-refractivity contribution in [3.8, 4) is 5.75 Å². The summed E-state index contributed by atoms with van der Waals surface area (Å²) in [4.78, 5) is 11.7. The summed E-state index contributed by atoms with van der Waals surface area (Å²) in [6.07, 6.45) is -5.83. The number of ether oxygens (including phenoxy) is 2. The normalized spacial score (nSPS) is 15.4. The van der Waals surface area contributed by atoms with Gasteiger partial charge in [0.05, 0.1) is 26.2 Å². The first-order chi connectivity index (χ1) is 9.90. The molecule has 1 aromatic carbocycles. The minimum absolute atomic E-state index is 0.00493. The van der Waals surface area contributed by atoms with Crippen molar-refractivity contribution in [2.75, 3.05) is 14.2 Å². The monoisotopic (exact) mass is 305 g/mol. The number of nitrogens with two attached hydrogens (primary N) is 1. The number of alkyl halides is 3. The zero-order valence-corrected chi connectivity index (χ0v) is 11.8. The molecule has 0 bridgehead atoms. The largest absolute Gasteiger partial charge is 0.497 e. The van der Waals surface area contributed by atoms with Crippen LogP contribution in [0.4, 0.5) is 13.2 Å². The number of hydrogen-bond donors (Lipinski definition) is 1. The van der Waals surface area contributed by atoms with Crippen LogP contribution < -0.4 is 10.5 Å². The quantitative estimate of drug-likeness (QED) is 0.782. The van der Waals surface area contributed by atoms with Gasteiger partial charge in [-0.1, -0.05) is 12.1 Å². The van der Waals surface area contributed by atoms with Crippen molar-refractivity contribution in [1.82, 2.24) is 0 Å². The van der Waals surface area contributed by atoms with Crippen molar-refractivity contribution in [3.05, 3.63) is 29.8 Å². The van der Waals surface area contributed by atoms with E-state index < -0.39 is 30.5 Å². The van der Waals surface area contributed by atoms with E-state index in [9.17, 15) is 18.0 Å². The second-order valence-electron chi connectivity index (χ2n) is 4.54. The van der Waals surface area contributed by atoms with E-state index in [1.807, 2.05) is 0 Å². The SMILES string of the molecule is COC(=O)C(Cc1ccc(OC)cc1)C(N)C(F)C(F)F. The molecule has 0 saturated carbocycles. The third-order valence-electron chi connectivity index (χ3n) is 3.19. The van der Waals surface area contributed by atoms with Gasteiger partial charge in [-0.25, -0.2) is 13.2 Å². The molecule has 4 nitrogen and oxygen atoms in total. The van der Waals surface area contributed by atoms with Gasteiger partial charge in [0.2, 0.25) is 0 Å². The van der Waals surface area contributed by atoms with Crippen LogP contribution in [-0.2, 0) is 16.0 Å². The number of methoxy groups -OCH3 is 2. The maximum Gasteiger partial charge on any atom is 0.310 e. The van der Waals surface area contributed by atoms with Gasteiger partial charge in [-0.3, -0.25) is 4.79 Å². The molecule has 0 aliphatic heterocycles. The van der Waals surface area contributed by atoms with Gasteiger partial charge >= 0.3 is 5.97 Å². The molecular formula is C14H18F3NO3. The Hall–Kier alpha value is -1.76. The topological polar surface area (TPSA) is 61.5 Å². The molecule has 1 aromatic rings. The Morgan fingerprint density at radius 3 is 2.19 bits per heavy atom. The minimum Gasteiger partial charge on any atom is -0.497 e. The predicted octanol–water partition coefficient (Wildman–Crippen LogP) is 1.96. The van der Waals surface area contributed by atoms with Gasteiger partial charge in [0.25, 0.3) is 6.43 Å². The van der Waals surface area contributed by atoms with E-state index in [4.69, 9.17) is 10.5 Å². The molecule has 3 unspecified atom stereocenters. The molecule has 3 atom stereocenters. The molecule has 0 fully saturated rings. The number of carbonyl (C=O) groups excluding carboxylic acids is 1. The average Bonchev–Trinajstić information content (AvgIpc) is 2.50. The maximum absolute atomic E-state index is 13.4. The highest BCUT2D eigenvalue weighted by atomic mass is 19.3. The molecule has 0 aromatic heterocycles. The Bertz CT molecular complexity index is 453. The van der Waals surface area contributed by atoms with E-state index in [1.165, 1.54) is 7.11 Å². The number of rotatable bonds is 7.